The van der Waals surface area contributed by atoms with Crippen LogP contribution in [0.2, 0.25) is 0 Å². The van der Waals surface area contributed by atoms with E-state index in [9.17, 15) is 0 Å². The highest BCUT2D eigenvalue weighted by Crippen LogP contribution is 2.52. The van der Waals surface area contributed by atoms with Gasteiger partial charge in [0, 0.05) is 66.2 Å². The second-order valence-electron chi connectivity index (χ2n) is 23.2. The number of aromatic nitrogens is 2. The number of anilines is 3. The van der Waals surface area contributed by atoms with E-state index in [0.717, 1.165) is 61.3 Å². The SMILES string of the molecule is CC(C)(C)c1cc2c3c(c1)-n1c4ccccc4c4c5c6ccccc6n(-c6ccccc6)c5cc(c41)B3c1cc3oc4ccccc4c3cc1N2c1c(-c2ccc(-c3ccccc3)cc2)cccc1-c1ccc(-c2ccccc2)cc1. The molecule has 5 heterocycles. The lowest BCUT2D eigenvalue weighted by Gasteiger charge is -2.42. The van der Waals surface area contributed by atoms with E-state index in [1.165, 1.54) is 99.2 Å². The standard InChI is InChI=1S/C76H52BN3O/c1-76(2,3)53-42-67-73-68(43-53)80(74-55(51-38-34-49(35-39-51)47-20-7-4-8-21-47)29-19-30-56(74)52-40-36-50(37-41-52)48-22-9-5-10-23-48)65-44-60-57-26-15-18-33-69(57)81-70(60)46-61(65)77(73)62-45-66-71(72-59-28-14-17-32-64(59)79(67)75(62)72)58-27-13-16-31-63(58)78(66)54-24-11-6-12-25-54/h4-46H,1-3H3. The molecule has 2 aliphatic rings. The molecule has 17 rings (SSSR count). The third-order valence-corrected chi connectivity index (χ3v) is 17.6. The second-order valence-corrected chi connectivity index (χ2v) is 23.2. The summed E-state index contributed by atoms with van der Waals surface area (Å²) in [6, 6.07) is 96.9. The molecule has 3 aromatic heterocycles. The first-order chi connectivity index (χ1) is 39.8. The van der Waals surface area contributed by atoms with Gasteiger partial charge >= 0.3 is 0 Å². The van der Waals surface area contributed by atoms with Crippen LogP contribution >= 0.6 is 0 Å². The number of rotatable bonds is 6. The molecule has 0 atom stereocenters. The molecule has 0 N–H and O–H groups in total. The topological polar surface area (TPSA) is 26.2 Å². The van der Waals surface area contributed by atoms with Crippen LogP contribution in [0.1, 0.15) is 26.3 Å². The molecule has 0 saturated carbocycles. The lowest BCUT2D eigenvalue weighted by atomic mass is 9.33. The third kappa shape index (κ3) is 6.73. The molecule has 12 aromatic carbocycles. The number of furan rings is 1. The maximum atomic E-state index is 6.98. The van der Waals surface area contributed by atoms with Gasteiger partial charge in [-0.3, -0.25) is 0 Å². The Morgan fingerprint density at radius 3 is 1.51 bits per heavy atom. The molecule has 0 amide bonds. The number of hydrogen-bond donors (Lipinski definition) is 0. The largest absolute Gasteiger partial charge is 0.456 e. The lowest BCUT2D eigenvalue weighted by Crippen LogP contribution is -2.60. The van der Waals surface area contributed by atoms with Crippen LogP contribution in [0.5, 0.6) is 0 Å². The van der Waals surface area contributed by atoms with Gasteiger partial charge in [0.05, 0.1) is 27.8 Å². The van der Waals surface area contributed by atoms with Gasteiger partial charge in [0.1, 0.15) is 11.2 Å². The minimum absolute atomic E-state index is 0.176. The maximum Gasteiger partial charge on any atom is 0.252 e. The van der Waals surface area contributed by atoms with Gasteiger partial charge in [0.2, 0.25) is 0 Å². The van der Waals surface area contributed by atoms with E-state index in [1.807, 2.05) is 0 Å². The third-order valence-electron chi connectivity index (χ3n) is 17.6. The van der Waals surface area contributed by atoms with Crippen LogP contribution in [-0.2, 0) is 5.41 Å². The maximum absolute atomic E-state index is 6.98. The molecule has 0 unspecified atom stereocenters. The normalized spacial score (nSPS) is 12.8. The van der Waals surface area contributed by atoms with Crippen molar-refractivity contribution in [3.8, 4) is 55.9 Å². The zero-order valence-corrected chi connectivity index (χ0v) is 45.2. The summed E-state index contributed by atoms with van der Waals surface area (Å²) in [5, 5.41) is 7.26. The molecule has 15 aromatic rings. The summed E-state index contributed by atoms with van der Waals surface area (Å²) < 4.78 is 12.1. The molecule has 0 spiro atoms. The average Bonchev–Trinajstić information content (AvgIpc) is 2.51. The molecule has 0 radical (unpaired) electrons. The van der Waals surface area contributed by atoms with E-state index in [1.54, 1.807) is 0 Å². The molecule has 81 heavy (non-hydrogen) atoms. The average molecular weight is 1030 g/mol. The molecule has 0 fully saturated rings. The van der Waals surface area contributed by atoms with Gasteiger partial charge in [-0.05, 0) is 121 Å². The van der Waals surface area contributed by atoms with E-state index < -0.39 is 0 Å². The number of benzene rings is 12. The van der Waals surface area contributed by atoms with Gasteiger partial charge in [0.25, 0.3) is 6.71 Å². The summed E-state index contributed by atoms with van der Waals surface area (Å²) in [5.74, 6) is 0. The first kappa shape index (κ1) is 45.9. The Hall–Kier alpha value is -10.1. The highest BCUT2D eigenvalue weighted by Gasteiger charge is 2.45. The van der Waals surface area contributed by atoms with Crippen molar-refractivity contribution in [2.75, 3.05) is 4.90 Å². The van der Waals surface area contributed by atoms with Gasteiger partial charge in [0.15, 0.2) is 0 Å². The van der Waals surface area contributed by atoms with Gasteiger partial charge in [-0.2, -0.15) is 0 Å². The minimum Gasteiger partial charge on any atom is -0.456 e. The summed E-state index contributed by atoms with van der Waals surface area (Å²) in [6.45, 7) is 6.92. The molecule has 0 bridgehead atoms. The first-order valence-corrected chi connectivity index (χ1v) is 28.3. The van der Waals surface area contributed by atoms with Crippen LogP contribution in [0.3, 0.4) is 0 Å². The van der Waals surface area contributed by atoms with Crippen molar-refractivity contribution < 1.29 is 4.42 Å². The molecular formula is C76H52BN3O. The quantitative estimate of drug-likeness (QED) is 0.155. The van der Waals surface area contributed by atoms with E-state index >= 15 is 0 Å². The fourth-order valence-corrected chi connectivity index (χ4v) is 13.9. The number of para-hydroxylation sites is 5. The highest BCUT2D eigenvalue weighted by atomic mass is 16.3. The molecular weight excluding hydrogens is 982 g/mol. The number of nitrogens with zero attached hydrogens (tertiary/aromatic N) is 3. The number of fused-ring (bicyclic) bond motifs is 14. The van der Waals surface area contributed by atoms with Crippen molar-refractivity contribution in [1.82, 2.24) is 9.13 Å². The summed E-state index contributed by atoms with van der Waals surface area (Å²) in [5.41, 5.74) is 26.6. The van der Waals surface area contributed by atoms with Crippen LogP contribution < -0.4 is 21.3 Å². The summed E-state index contributed by atoms with van der Waals surface area (Å²) in [7, 11) is 0. The van der Waals surface area contributed by atoms with Gasteiger partial charge in [-0.15, -0.1) is 0 Å². The monoisotopic (exact) mass is 1030 g/mol. The van der Waals surface area contributed by atoms with E-state index in [4.69, 9.17) is 4.42 Å². The van der Waals surface area contributed by atoms with Gasteiger partial charge < -0.3 is 18.5 Å². The Labute approximate surface area is 470 Å². The Bertz CT molecular complexity index is 4960. The van der Waals surface area contributed by atoms with E-state index in [2.05, 4.69) is 296 Å². The van der Waals surface area contributed by atoms with Crippen LogP contribution in [0.25, 0.3) is 121 Å². The molecule has 2 aliphatic heterocycles. The first-order valence-electron chi connectivity index (χ1n) is 28.3. The second kappa shape index (κ2) is 17.2. The summed E-state index contributed by atoms with van der Waals surface area (Å²) in [6.07, 6.45) is 0. The van der Waals surface area contributed by atoms with Crippen LogP contribution in [0, 0.1) is 0 Å². The fourth-order valence-electron chi connectivity index (χ4n) is 13.9. The zero-order chi connectivity index (χ0) is 53.7. The highest BCUT2D eigenvalue weighted by molar-refractivity contribution is 7.00. The van der Waals surface area contributed by atoms with Crippen molar-refractivity contribution in [3.63, 3.8) is 0 Å². The zero-order valence-electron chi connectivity index (χ0n) is 45.2. The smallest absolute Gasteiger partial charge is 0.252 e. The Kier molecular flexibility index (Phi) is 9.74. The van der Waals surface area contributed by atoms with E-state index in [-0.39, 0.29) is 12.1 Å². The van der Waals surface area contributed by atoms with Gasteiger partial charge in [-0.1, -0.05) is 221 Å². The van der Waals surface area contributed by atoms with Crippen molar-refractivity contribution in [3.05, 3.63) is 266 Å². The van der Waals surface area contributed by atoms with Crippen molar-refractivity contribution in [2.24, 2.45) is 0 Å². The molecule has 380 valence electrons. The molecule has 4 nitrogen and oxygen atoms in total. The molecule has 5 heteroatoms. The van der Waals surface area contributed by atoms with Crippen LogP contribution in [-0.4, -0.2) is 15.8 Å². The van der Waals surface area contributed by atoms with Crippen molar-refractivity contribution >= 4 is 106 Å². The fraction of sp³-hybridized carbons (Fsp3) is 0.0526. The Morgan fingerprint density at radius 1 is 0.358 bits per heavy atom. The molecule has 0 saturated heterocycles. The Morgan fingerprint density at radius 2 is 0.877 bits per heavy atom. The summed E-state index contributed by atoms with van der Waals surface area (Å²) >= 11 is 0. The number of hydrogen-bond acceptors (Lipinski definition) is 2. The van der Waals surface area contributed by atoms with Gasteiger partial charge in [-0.25, -0.2) is 0 Å². The van der Waals surface area contributed by atoms with Crippen molar-refractivity contribution in [2.45, 2.75) is 26.2 Å². The Balaban J connectivity index is 1.03. The lowest BCUT2D eigenvalue weighted by molar-refractivity contribution is 0.590. The molecule has 0 aliphatic carbocycles. The predicted octanol–water partition coefficient (Wildman–Crippen LogP) is 18.4. The predicted molar refractivity (Wildman–Crippen MR) is 342 cm³/mol. The minimum atomic E-state index is -0.212. The van der Waals surface area contributed by atoms with Crippen LogP contribution in [0.15, 0.2) is 265 Å². The van der Waals surface area contributed by atoms with Crippen molar-refractivity contribution in [1.29, 1.82) is 0 Å². The van der Waals surface area contributed by atoms with Crippen LogP contribution in [0.4, 0.5) is 17.1 Å². The van der Waals surface area contributed by atoms with E-state index in [0.29, 0.717) is 0 Å². The summed E-state index contributed by atoms with van der Waals surface area (Å²) in [4.78, 5) is 2.66.